The van der Waals surface area contributed by atoms with Gasteiger partial charge in [0.2, 0.25) is 6.79 Å². The van der Waals surface area contributed by atoms with Gasteiger partial charge < -0.3 is 29.6 Å². The van der Waals surface area contributed by atoms with Gasteiger partial charge in [0.15, 0.2) is 17.1 Å². The summed E-state index contributed by atoms with van der Waals surface area (Å²) in [5.41, 5.74) is 7.88. The van der Waals surface area contributed by atoms with Gasteiger partial charge in [0, 0.05) is 11.5 Å². The predicted octanol–water partition coefficient (Wildman–Crippen LogP) is 0.735. The number of carbonyl (C=O) groups is 1. The van der Waals surface area contributed by atoms with E-state index in [0.717, 1.165) is 11.1 Å². The minimum atomic E-state index is -1.84. The third-order valence-corrected chi connectivity index (χ3v) is 7.06. The van der Waals surface area contributed by atoms with E-state index < -0.39 is 11.6 Å². The number of carbonyl (C=O) groups excluding carboxylic acids is 1. The normalized spacial score (nSPS) is 29.3. The first-order valence-corrected chi connectivity index (χ1v) is 10.8. The lowest BCUT2D eigenvalue weighted by Crippen LogP contribution is -2.44. The van der Waals surface area contributed by atoms with E-state index in [2.05, 4.69) is 0 Å². The van der Waals surface area contributed by atoms with Crippen LogP contribution in [0.2, 0.25) is 0 Å². The molecule has 1 fully saturated rings. The second-order valence-electron chi connectivity index (χ2n) is 8.61. The molecule has 32 heavy (non-hydrogen) atoms. The zero-order valence-corrected chi connectivity index (χ0v) is 17.6. The minimum Gasteiger partial charge on any atom is -0.458 e. The van der Waals surface area contributed by atoms with E-state index in [4.69, 9.17) is 24.9 Å². The summed E-state index contributed by atoms with van der Waals surface area (Å²) in [6.45, 7) is 2.57. The van der Waals surface area contributed by atoms with Crippen LogP contribution in [0.4, 0.5) is 0 Å². The summed E-state index contributed by atoms with van der Waals surface area (Å²) in [7, 11) is 0. The smallest absolute Gasteiger partial charge is 0.343 e. The van der Waals surface area contributed by atoms with Crippen LogP contribution in [0.15, 0.2) is 50.7 Å². The molecule has 3 atom stereocenters. The summed E-state index contributed by atoms with van der Waals surface area (Å²) >= 11 is 0. The fraction of sp³-hybridized carbons (Fsp3) is 0.435. The molecule has 0 saturated carbocycles. The van der Waals surface area contributed by atoms with E-state index >= 15 is 0 Å². The summed E-state index contributed by atoms with van der Waals surface area (Å²) in [6.07, 6.45) is 4.75. The maximum Gasteiger partial charge on any atom is 0.343 e. The Labute approximate surface area is 183 Å². The molecule has 5 heterocycles. The summed E-state index contributed by atoms with van der Waals surface area (Å²) in [5.74, 6) is 0.643. The Hall–Kier alpha value is -3.17. The Morgan fingerprint density at radius 3 is 2.78 bits per heavy atom. The highest BCUT2D eigenvalue weighted by Crippen LogP contribution is 2.43. The van der Waals surface area contributed by atoms with Gasteiger partial charge in [0.1, 0.15) is 6.61 Å². The van der Waals surface area contributed by atoms with E-state index in [1.165, 1.54) is 0 Å². The average Bonchev–Trinajstić information content (AvgIpc) is 3.40. The number of aliphatic imine (C=N–C) groups is 1. The lowest BCUT2D eigenvalue weighted by molar-refractivity contribution is -0.172. The molecule has 9 heteroatoms. The molecule has 0 spiro atoms. The SMILES string of the molecule is CCC1(O)C(=O)OCc2c1cc1n(c2=O)CC2=C(CCN)C3C=C4OCOC4=CC3N=C21. The number of allylic oxidation sites excluding steroid dienone is 1. The topological polar surface area (TPSA) is 125 Å². The molecule has 0 radical (unpaired) electrons. The van der Waals surface area contributed by atoms with Gasteiger partial charge in [-0.25, -0.2) is 4.79 Å². The first kappa shape index (κ1) is 19.5. The fourth-order valence-corrected chi connectivity index (χ4v) is 5.37. The number of cyclic esters (lactones) is 1. The van der Waals surface area contributed by atoms with E-state index in [1.807, 2.05) is 12.2 Å². The van der Waals surface area contributed by atoms with Gasteiger partial charge in [-0.05, 0) is 43.2 Å². The van der Waals surface area contributed by atoms with Crippen LogP contribution < -0.4 is 11.3 Å². The third kappa shape index (κ3) is 2.43. The number of dihydropyridines is 1. The molecular weight excluding hydrogens is 414 g/mol. The first-order chi connectivity index (χ1) is 15.5. The van der Waals surface area contributed by atoms with E-state index in [1.54, 1.807) is 17.6 Å². The van der Waals surface area contributed by atoms with Crippen LogP contribution in [0.1, 0.15) is 36.6 Å². The van der Waals surface area contributed by atoms with Crippen molar-refractivity contribution >= 4 is 11.7 Å². The number of nitrogens with two attached hydrogens (primary N) is 1. The Morgan fingerprint density at radius 1 is 1.25 bits per heavy atom. The van der Waals surface area contributed by atoms with E-state index in [0.29, 0.717) is 53.6 Å². The van der Waals surface area contributed by atoms with Crippen molar-refractivity contribution in [3.63, 3.8) is 0 Å². The number of ether oxygens (including phenoxy) is 3. The molecule has 166 valence electrons. The van der Waals surface area contributed by atoms with Gasteiger partial charge in [-0.15, -0.1) is 0 Å². The van der Waals surface area contributed by atoms with Crippen molar-refractivity contribution < 1.29 is 24.1 Å². The molecule has 0 aromatic carbocycles. The lowest BCUT2D eigenvalue weighted by Gasteiger charge is -2.32. The number of aromatic nitrogens is 1. The maximum absolute atomic E-state index is 13.4. The zero-order valence-electron chi connectivity index (χ0n) is 17.6. The molecule has 9 nitrogen and oxygen atoms in total. The van der Waals surface area contributed by atoms with Crippen LogP contribution >= 0.6 is 0 Å². The molecular formula is C23H23N3O6. The minimum absolute atomic E-state index is 0.0186. The van der Waals surface area contributed by atoms with Gasteiger partial charge in [-0.1, -0.05) is 12.5 Å². The van der Waals surface area contributed by atoms with Gasteiger partial charge >= 0.3 is 5.97 Å². The number of hydrogen-bond donors (Lipinski definition) is 2. The molecule has 5 aliphatic rings. The number of hydrogen-bond acceptors (Lipinski definition) is 8. The molecule has 6 rings (SSSR count). The van der Waals surface area contributed by atoms with Crippen molar-refractivity contribution in [3.05, 3.63) is 68.1 Å². The second kappa shape index (κ2) is 6.66. The second-order valence-corrected chi connectivity index (χ2v) is 8.61. The molecule has 0 bridgehead atoms. The van der Waals surface area contributed by atoms with Crippen molar-refractivity contribution in [2.45, 2.75) is 44.6 Å². The largest absolute Gasteiger partial charge is 0.458 e. The Bertz CT molecular complexity index is 1250. The van der Waals surface area contributed by atoms with Crippen LogP contribution in [0.3, 0.4) is 0 Å². The van der Waals surface area contributed by atoms with E-state index in [-0.39, 0.29) is 37.3 Å². The molecule has 4 aliphatic heterocycles. The van der Waals surface area contributed by atoms with Crippen molar-refractivity contribution in [2.24, 2.45) is 16.6 Å². The van der Waals surface area contributed by atoms with Crippen LogP contribution in [0.5, 0.6) is 0 Å². The summed E-state index contributed by atoms with van der Waals surface area (Å²) < 4.78 is 17.9. The highest BCUT2D eigenvalue weighted by Gasteiger charge is 2.46. The Balaban J connectivity index is 1.56. The van der Waals surface area contributed by atoms with Gasteiger partial charge in [0.25, 0.3) is 5.56 Å². The number of pyridine rings is 1. The predicted molar refractivity (Wildman–Crippen MR) is 112 cm³/mol. The van der Waals surface area contributed by atoms with Crippen LogP contribution in [-0.4, -0.2) is 40.7 Å². The monoisotopic (exact) mass is 437 g/mol. The third-order valence-electron chi connectivity index (χ3n) is 7.06. The number of rotatable bonds is 3. The summed E-state index contributed by atoms with van der Waals surface area (Å²) in [6, 6.07) is 1.53. The van der Waals surface area contributed by atoms with Crippen molar-refractivity contribution in [2.75, 3.05) is 13.3 Å². The Kier molecular flexibility index (Phi) is 4.06. The van der Waals surface area contributed by atoms with Crippen LogP contribution in [0.25, 0.3) is 0 Å². The highest BCUT2D eigenvalue weighted by atomic mass is 16.7. The molecule has 1 aromatic heterocycles. The van der Waals surface area contributed by atoms with Crippen LogP contribution in [0, 0.1) is 5.92 Å². The number of aliphatic hydroxyl groups is 1. The van der Waals surface area contributed by atoms with Crippen LogP contribution in [-0.2, 0) is 37.8 Å². The zero-order chi connectivity index (χ0) is 22.2. The summed E-state index contributed by atoms with van der Waals surface area (Å²) in [5, 5.41) is 11.0. The quantitative estimate of drug-likeness (QED) is 0.668. The molecule has 1 saturated heterocycles. The van der Waals surface area contributed by atoms with Crippen molar-refractivity contribution in [3.8, 4) is 0 Å². The fourth-order valence-electron chi connectivity index (χ4n) is 5.37. The van der Waals surface area contributed by atoms with Gasteiger partial charge in [0.05, 0.1) is 29.6 Å². The first-order valence-electron chi connectivity index (χ1n) is 10.8. The average molecular weight is 437 g/mol. The molecule has 1 aromatic rings. The molecule has 3 unspecified atom stereocenters. The van der Waals surface area contributed by atoms with E-state index in [9.17, 15) is 14.7 Å². The number of nitrogens with zero attached hydrogens (tertiary/aromatic N) is 2. The van der Waals surface area contributed by atoms with Crippen molar-refractivity contribution in [1.82, 2.24) is 4.57 Å². The number of esters is 1. The number of fused-ring (bicyclic) bond motifs is 6. The molecule has 0 amide bonds. The standard InChI is InChI=1S/C23H23N3O6/c1-2-23(29)15-6-17-20-13(8-26(17)21(27)14(15)9-30-22(23)28)11(3-4-24)12-5-18-19(32-10-31-18)7-16(12)25-20/h5-7,12,16,29H,2-4,8-10,24H2,1H3. The maximum atomic E-state index is 13.4. The van der Waals surface area contributed by atoms with Gasteiger partial charge in [-0.3, -0.25) is 9.79 Å². The lowest BCUT2D eigenvalue weighted by atomic mass is 9.79. The Morgan fingerprint density at radius 2 is 2.03 bits per heavy atom. The molecule has 1 aliphatic carbocycles. The van der Waals surface area contributed by atoms with Gasteiger partial charge in [-0.2, -0.15) is 0 Å². The molecule has 3 N–H and O–H groups in total. The summed E-state index contributed by atoms with van der Waals surface area (Å²) in [4.78, 5) is 30.7. The highest BCUT2D eigenvalue weighted by molar-refractivity contribution is 6.15. The van der Waals surface area contributed by atoms with Crippen molar-refractivity contribution in [1.29, 1.82) is 0 Å².